The van der Waals surface area contributed by atoms with Gasteiger partial charge in [-0.25, -0.2) is 9.37 Å². The molecule has 4 heteroatoms. The third-order valence-corrected chi connectivity index (χ3v) is 3.38. The van der Waals surface area contributed by atoms with Gasteiger partial charge in [0.05, 0.1) is 16.8 Å². The number of nitrogens with zero attached hydrogens (tertiary/aromatic N) is 1. The lowest BCUT2D eigenvalue weighted by Gasteiger charge is -2.08. The second-order valence-electron chi connectivity index (χ2n) is 4.95. The average Bonchev–Trinajstić information content (AvgIpc) is 2.46. The first-order valence-electron chi connectivity index (χ1n) is 6.52. The van der Waals surface area contributed by atoms with Crippen LogP contribution in [0.3, 0.4) is 0 Å². The molecule has 2 aromatic carbocycles. The molecule has 0 saturated heterocycles. The van der Waals surface area contributed by atoms with Crippen LogP contribution in [0.1, 0.15) is 15.9 Å². The molecule has 1 aromatic heterocycles. The van der Waals surface area contributed by atoms with Crippen LogP contribution in [0, 0.1) is 12.7 Å². The summed E-state index contributed by atoms with van der Waals surface area (Å²) in [6, 6.07) is 13.5. The fraction of sp³-hybridized carbons (Fsp3) is 0.0588. The Balaban J connectivity index is 2.28. The normalized spacial score (nSPS) is 10.8. The van der Waals surface area contributed by atoms with Gasteiger partial charge in [-0.05, 0) is 31.2 Å². The smallest absolute Gasteiger partial charge is 0.249 e. The number of fused-ring (bicyclic) bond motifs is 1. The molecular weight excluding hydrogens is 267 g/mol. The molecule has 0 bridgehead atoms. The van der Waals surface area contributed by atoms with E-state index in [0.29, 0.717) is 16.6 Å². The predicted octanol–water partition coefficient (Wildman–Crippen LogP) is 3.45. The van der Waals surface area contributed by atoms with E-state index in [1.165, 1.54) is 12.1 Å². The minimum absolute atomic E-state index is 0.273. The quantitative estimate of drug-likeness (QED) is 0.781. The van der Waals surface area contributed by atoms with Crippen molar-refractivity contribution in [3.63, 3.8) is 0 Å². The predicted molar refractivity (Wildman–Crippen MR) is 80.4 cm³/mol. The number of carbonyl (C=O) groups is 1. The number of carbonyl (C=O) groups excluding carboxylic acids is 1. The van der Waals surface area contributed by atoms with Crippen molar-refractivity contribution in [3.05, 3.63) is 65.5 Å². The Labute approximate surface area is 121 Å². The van der Waals surface area contributed by atoms with Crippen LogP contribution in [0.4, 0.5) is 4.39 Å². The number of aromatic nitrogens is 1. The SMILES string of the molecule is Cc1ccc(-c2cc(C(N)=O)c3cc(F)ccc3n2)cc1. The molecular formula is C17H13FN2O. The van der Waals surface area contributed by atoms with Crippen molar-refractivity contribution in [2.75, 3.05) is 0 Å². The van der Waals surface area contributed by atoms with Crippen molar-refractivity contribution < 1.29 is 9.18 Å². The number of benzene rings is 2. The lowest BCUT2D eigenvalue weighted by molar-refractivity contribution is 0.100. The maximum atomic E-state index is 13.4. The zero-order chi connectivity index (χ0) is 15.0. The van der Waals surface area contributed by atoms with Gasteiger partial charge < -0.3 is 5.73 Å². The van der Waals surface area contributed by atoms with Crippen molar-refractivity contribution in [2.45, 2.75) is 6.92 Å². The summed E-state index contributed by atoms with van der Waals surface area (Å²) in [5.74, 6) is -1.02. The summed E-state index contributed by atoms with van der Waals surface area (Å²) in [6.07, 6.45) is 0. The number of amides is 1. The summed E-state index contributed by atoms with van der Waals surface area (Å²) in [7, 11) is 0. The fourth-order valence-corrected chi connectivity index (χ4v) is 2.27. The molecule has 0 fully saturated rings. The van der Waals surface area contributed by atoms with Crippen molar-refractivity contribution in [1.82, 2.24) is 4.98 Å². The lowest BCUT2D eigenvalue weighted by atomic mass is 10.0. The van der Waals surface area contributed by atoms with Gasteiger partial charge in [-0.15, -0.1) is 0 Å². The van der Waals surface area contributed by atoms with E-state index in [-0.39, 0.29) is 5.56 Å². The number of hydrogen-bond donors (Lipinski definition) is 1. The summed E-state index contributed by atoms with van der Waals surface area (Å²) >= 11 is 0. The molecule has 3 rings (SSSR count). The minimum Gasteiger partial charge on any atom is -0.366 e. The number of aryl methyl sites for hydroxylation is 1. The van der Waals surface area contributed by atoms with Gasteiger partial charge in [0.25, 0.3) is 0 Å². The van der Waals surface area contributed by atoms with Crippen LogP contribution >= 0.6 is 0 Å². The van der Waals surface area contributed by atoms with Crippen molar-refractivity contribution in [3.8, 4) is 11.3 Å². The second-order valence-corrected chi connectivity index (χ2v) is 4.95. The van der Waals surface area contributed by atoms with Crippen molar-refractivity contribution in [1.29, 1.82) is 0 Å². The largest absolute Gasteiger partial charge is 0.366 e. The Hall–Kier alpha value is -2.75. The zero-order valence-corrected chi connectivity index (χ0v) is 11.4. The molecule has 104 valence electrons. The zero-order valence-electron chi connectivity index (χ0n) is 11.4. The fourth-order valence-electron chi connectivity index (χ4n) is 2.27. The highest BCUT2D eigenvalue weighted by Crippen LogP contribution is 2.25. The van der Waals surface area contributed by atoms with E-state index in [9.17, 15) is 9.18 Å². The van der Waals surface area contributed by atoms with E-state index in [1.54, 1.807) is 12.1 Å². The highest BCUT2D eigenvalue weighted by Gasteiger charge is 2.12. The third kappa shape index (κ3) is 2.48. The molecule has 0 aliphatic rings. The van der Waals surface area contributed by atoms with E-state index < -0.39 is 11.7 Å². The monoisotopic (exact) mass is 280 g/mol. The molecule has 0 aliphatic heterocycles. The van der Waals surface area contributed by atoms with Crippen LogP contribution in [0.2, 0.25) is 0 Å². The Bertz CT molecular complexity index is 841. The van der Waals surface area contributed by atoms with E-state index >= 15 is 0 Å². The topological polar surface area (TPSA) is 56.0 Å². The number of rotatable bonds is 2. The molecule has 0 spiro atoms. The van der Waals surface area contributed by atoms with Gasteiger partial charge in [0.15, 0.2) is 0 Å². The van der Waals surface area contributed by atoms with Gasteiger partial charge in [-0.3, -0.25) is 4.79 Å². The van der Waals surface area contributed by atoms with Crippen LogP contribution in [-0.4, -0.2) is 10.9 Å². The second kappa shape index (κ2) is 4.98. The maximum Gasteiger partial charge on any atom is 0.249 e. The molecule has 0 saturated carbocycles. The summed E-state index contributed by atoms with van der Waals surface area (Å²) in [5.41, 5.74) is 8.89. The van der Waals surface area contributed by atoms with Crippen LogP contribution in [0.25, 0.3) is 22.2 Å². The highest BCUT2D eigenvalue weighted by molar-refractivity contribution is 6.06. The van der Waals surface area contributed by atoms with Crippen molar-refractivity contribution >= 4 is 16.8 Å². The summed E-state index contributed by atoms with van der Waals surface area (Å²) in [5, 5.41) is 0.429. The van der Waals surface area contributed by atoms with Crippen LogP contribution < -0.4 is 5.73 Å². The number of nitrogens with two attached hydrogens (primary N) is 1. The molecule has 21 heavy (non-hydrogen) atoms. The van der Waals surface area contributed by atoms with Crippen LogP contribution in [0.5, 0.6) is 0 Å². The van der Waals surface area contributed by atoms with E-state index in [1.807, 2.05) is 31.2 Å². The number of primary amides is 1. The Morgan fingerprint density at radius 1 is 1.10 bits per heavy atom. The summed E-state index contributed by atoms with van der Waals surface area (Å²) in [4.78, 5) is 16.1. The van der Waals surface area contributed by atoms with E-state index in [2.05, 4.69) is 4.98 Å². The van der Waals surface area contributed by atoms with E-state index in [0.717, 1.165) is 11.1 Å². The van der Waals surface area contributed by atoms with Gasteiger partial charge in [-0.1, -0.05) is 29.8 Å². The minimum atomic E-state index is -0.596. The molecule has 1 amide bonds. The molecule has 0 aliphatic carbocycles. The molecule has 3 aromatic rings. The standard InChI is InChI=1S/C17H13FN2O/c1-10-2-4-11(5-3-10)16-9-14(17(19)21)13-8-12(18)6-7-15(13)20-16/h2-9H,1H3,(H2,19,21). The summed E-state index contributed by atoms with van der Waals surface area (Å²) < 4.78 is 13.4. The third-order valence-electron chi connectivity index (χ3n) is 3.38. The number of halogens is 1. The first-order chi connectivity index (χ1) is 10.0. The van der Waals surface area contributed by atoms with Gasteiger partial charge in [0, 0.05) is 10.9 Å². The Morgan fingerprint density at radius 3 is 2.48 bits per heavy atom. The molecule has 3 nitrogen and oxygen atoms in total. The first kappa shape index (κ1) is 13.2. The molecule has 2 N–H and O–H groups in total. The Kier molecular flexibility index (Phi) is 3.14. The average molecular weight is 280 g/mol. The molecule has 0 atom stereocenters. The van der Waals surface area contributed by atoms with Crippen LogP contribution in [0.15, 0.2) is 48.5 Å². The highest BCUT2D eigenvalue weighted by atomic mass is 19.1. The van der Waals surface area contributed by atoms with Gasteiger partial charge >= 0.3 is 0 Å². The molecule has 0 radical (unpaired) electrons. The molecule has 0 unspecified atom stereocenters. The molecule has 1 heterocycles. The Morgan fingerprint density at radius 2 is 1.81 bits per heavy atom. The summed E-state index contributed by atoms with van der Waals surface area (Å²) in [6.45, 7) is 2.00. The lowest BCUT2D eigenvalue weighted by Crippen LogP contribution is -2.12. The van der Waals surface area contributed by atoms with Crippen molar-refractivity contribution in [2.24, 2.45) is 5.73 Å². The first-order valence-corrected chi connectivity index (χ1v) is 6.52. The number of hydrogen-bond acceptors (Lipinski definition) is 2. The van der Waals surface area contributed by atoms with Gasteiger partial charge in [0.1, 0.15) is 5.82 Å². The maximum absolute atomic E-state index is 13.4. The van der Waals surface area contributed by atoms with Gasteiger partial charge in [0.2, 0.25) is 5.91 Å². The number of pyridine rings is 1. The van der Waals surface area contributed by atoms with Crippen LogP contribution in [-0.2, 0) is 0 Å². The van der Waals surface area contributed by atoms with Gasteiger partial charge in [-0.2, -0.15) is 0 Å². The van der Waals surface area contributed by atoms with E-state index in [4.69, 9.17) is 5.73 Å².